The Morgan fingerprint density at radius 1 is 1.58 bits per heavy atom. The Bertz CT molecular complexity index is 629. The Labute approximate surface area is 123 Å². The van der Waals surface area contributed by atoms with E-state index in [0.29, 0.717) is 33.6 Å². The zero-order valence-electron chi connectivity index (χ0n) is 10.2. The molecule has 2 aromatic rings. The van der Waals surface area contributed by atoms with E-state index in [2.05, 4.69) is 26.2 Å². The second kappa shape index (κ2) is 5.88. The van der Waals surface area contributed by atoms with Gasteiger partial charge in [0.25, 0.3) is 0 Å². The van der Waals surface area contributed by atoms with E-state index < -0.39 is 0 Å². The van der Waals surface area contributed by atoms with Gasteiger partial charge in [-0.05, 0) is 22.0 Å². The lowest BCUT2D eigenvalue weighted by molar-refractivity contribution is -0.121. The molecule has 102 valence electrons. The number of likely N-dealkylation sites (N-methyl/N-ethyl adjacent to an activating group) is 1. The largest absolute Gasteiger partial charge is 0.358 e. The molecule has 0 saturated heterocycles. The SMILES string of the molecule is CNC(=O)Cn1c(CCCl)nc2cc(F)c(Br)cc21. The maximum absolute atomic E-state index is 13.5. The molecule has 0 fully saturated rings. The number of hydrogen-bond acceptors (Lipinski definition) is 2. The molecule has 7 heteroatoms. The predicted octanol–water partition coefficient (Wildman–Crippen LogP) is 2.47. The predicted molar refractivity (Wildman–Crippen MR) is 75.9 cm³/mol. The van der Waals surface area contributed by atoms with E-state index >= 15 is 0 Å². The molecule has 2 rings (SSSR count). The van der Waals surface area contributed by atoms with Gasteiger partial charge in [0.1, 0.15) is 18.2 Å². The number of rotatable bonds is 4. The van der Waals surface area contributed by atoms with Gasteiger partial charge in [-0.2, -0.15) is 0 Å². The minimum Gasteiger partial charge on any atom is -0.358 e. The maximum Gasteiger partial charge on any atom is 0.239 e. The van der Waals surface area contributed by atoms with Crippen molar-refractivity contribution < 1.29 is 9.18 Å². The number of imidazole rings is 1. The van der Waals surface area contributed by atoms with Crippen LogP contribution in [0.2, 0.25) is 0 Å². The summed E-state index contributed by atoms with van der Waals surface area (Å²) in [6.45, 7) is 0.136. The number of nitrogens with one attached hydrogen (secondary N) is 1. The molecule has 1 N–H and O–H groups in total. The summed E-state index contributed by atoms with van der Waals surface area (Å²) in [5.41, 5.74) is 1.22. The first-order valence-electron chi connectivity index (χ1n) is 5.67. The molecule has 0 aliphatic heterocycles. The second-order valence-electron chi connectivity index (χ2n) is 3.98. The molecular weight excluding hydrogens is 337 g/mol. The van der Waals surface area contributed by atoms with E-state index in [9.17, 15) is 9.18 Å². The highest BCUT2D eigenvalue weighted by molar-refractivity contribution is 9.10. The molecule has 1 aromatic carbocycles. The number of amides is 1. The Kier molecular flexibility index (Phi) is 4.42. The van der Waals surface area contributed by atoms with Gasteiger partial charge >= 0.3 is 0 Å². The van der Waals surface area contributed by atoms with Crippen molar-refractivity contribution >= 4 is 44.5 Å². The van der Waals surface area contributed by atoms with Crippen LogP contribution in [0, 0.1) is 5.82 Å². The minimum absolute atomic E-state index is 0.136. The first kappa shape index (κ1) is 14.3. The number of fused-ring (bicyclic) bond motifs is 1. The van der Waals surface area contributed by atoms with Gasteiger partial charge in [0.05, 0.1) is 15.5 Å². The molecule has 0 atom stereocenters. The Balaban J connectivity index is 2.58. The summed E-state index contributed by atoms with van der Waals surface area (Å²) in [7, 11) is 1.57. The molecular formula is C12H12BrClFN3O. The Morgan fingerprint density at radius 3 is 2.95 bits per heavy atom. The number of carbonyl (C=O) groups is 1. The third kappa shape index (κ3) is 2.90. The summed E-state index contributed by atoms with van der Waals surface area (Å²) in [6.07, 6.45) is 0.520. The average Bonchev–Trinajstić information content (AvgIpc) is 2.68. The zero-order valence-corrected chi connectivity index (χ0v) is 12.6. The smallest absolute Gasteiger partial charge is 0.239 e. The average molecular weight is 349 g/mol. The number of aryl methyl sites for hydroxylation is 1. The van der Waals surface area contributed by atoms with Crippen LogP contribution in [-0.4, -0.2) is 28.4 Å². The molecule has 19 heavy (non-hydrogen) atoms. The van der Waals surface area contributed by atoms with Crippen LogP contribution in [0.3, 0.4) is 0 Å². The van der Waals surface area contributed by atoms with E-state index in [0.717, 1.165) is 0 Å². The number of nitrogens with zero attached hydrogens (tertiary/aromatic N) is 2. The summed E-state index contributed by atoms with van der Waals surface area (Å²) < 4.78 is 15.6. The van der Waals surface area contributed by atoms with Crippen LogP contribution in [0.5, 0.6) is 0 Å². The van der Waals surface area contributed by atoms with Crippen molar-refractivity contribution in [1.29, 1.82) is 0 Å². The van der Waals surface area contributed by atoms with Crippen molar-refractivity contribution in [2.45, 2.75) is 13.0 Å². The third-order valence-corrected chi connectivity index (χ3v) is 3.56. The Morgan fingerprint density at radius 2 is 2.32 bits per heavy atom. The standard InChI is InChI=1S/C12H12BrClFN3O/c1-16-12(19)6-18-10-4-7(13)8(15)5-9(10)17-11(18)2-3-14/h4-5H,2-3,6H2,1H3,(H,16,19). The van der Waals surface area contributed by atoms with Gasteiger partial charge in [0, 0.05) is 25.4 Å². The monoisotopic (exact) mass is 347 g/mol. The van der Waals surface area contributed by atoms with Crippen LogP contribution in [0.1, 0.15) is 5.82 Å². The molecule has 0 radical (unpaired) electrons. The van der Waals surface area contributed by atoms with E-state index in [1.807, 2.05) is 0 Å². The molecule has 0 aliphatic rings. The summed E-state index contributed by atoms with van der Waals surface area (Å²) in [4.78, 5) is 15.9. The molecule has 0 saturated carbocycles. The fourth-order valence-electron chi connectivity index (χ4n) is 1.84. The van der Waals surface area contributed by atoms with Crippen LogP contribution in [0.4, 0.5) is 4.39 Å². The minimum atomic E-state index is -0.380. The van der Waals surface area contributed by atoms with Gasteiger partial charge in [-0.25, -0.2) is 9.37 Å². The first-order chi connectivity index (χ1) is 9.06. The third-order valence-electron chi connectivity index (χ3n) is 2.77. The second-order valence-corrected chi connectivity index (χ2v) is 5.21. The first-order valence-corrected chi connectivity index (χ1v) is 7.00. The molecule has 1 heterocycles. The van der Waals surface area contributed by atoms with Gasteiger partial charge in [0.2, 0.25) is 5.91 Å². The molecule has 1 amide bonds. The van der Waals surface area contributed by atoms with Crippen LogP contribution >= 0.6 is 27.5 Å². The van der Waals surface area contributed by atoms with Gasteiger partial charge < -0.3 is 9.88 Å². The fraction of sp³-hybridized carbons (Fsp3) is 0.333. The number of hydrogen-bond donors (Lipinski definition) is 1. The van der Waals surface area contributed by atoms with Crippen LogP contribution in [0.15, 0.2) is 16.6 Å². The highest BCUT2D eigenvalue weighted by atomic mass is 79.9. The molecule has 0 spiro atoms. The summed E-state index contributed by atoms with van der Waals surface area (Å²) >= 11 is 8.87. The lowest BCUT2D eigenvalue weighted by atomic mass is 10.3. The van der Waals surface area contributed by atoms with Crippen molar-refractivity contribution in [1.82, 2.24) is 14.9 Å². The molecule has 0 bridgehead atoms. The maximum atomic E-state index is 13.5. The number of benzene rings is 1. The van der Waals surface area contributed by atoms with E-state index in [4.69, 9.17) is 11.6 Å². The Hall–Kier alpha value is -1.14. The van der Waals surface area contributed by atoms with Gasteiger partial charge in [-0.15, -0.1) is 11.6 Å². The number of halogens is 3. The van der Waals surface area contributed by atoms with Crippen molar-refractivity contribution in [2.75, 3.05) is 12.9 Å². The summed E-state index contributed by atoms with van der Waals surface area (Å²) in [5, 5.41) is 2.56. The normalized spacial score (nSPS) is 10.9. The molecule has 1 aromatic heterocycles. The van der Waals surface area contributed by atoms with Crippen molar-refractivity contribution in [3.05, 3.63) is 28.2 Å². The topological polar surface area (TPSA) is 46.9 Å². The summed E-state index contributed by atoms with van der Waals surface area (Å²) in [5.74, 6) is 0.539. The summed E-state index contributed by atoms with van der Waals surface area (Å²) in [6, 6.07) is 2.97. The van der Waals surface area contributed by atoms with Gasteiger partial charge in [-0.1, -0.05) is 0 Å². The van der Waals surface area contributed by atoms with Crippen LogP contribution < -0.4 is 5.32 Å². The lowest BCUT2D eigenvalue weighted by Gasteiger charge is -2.07. The van der Waals surface area contributed by atoms with Crippen molar-refractivity contribution in [3.8, 4) is 0 Å². The molecule has 4 nitrogen and oxygen atoms in total. The highest BCUT2D eigenvalue weighted by Gasteiger charge is 2.15. The fourth-order valence-corrected chi connectivity index (χ4v) is 2.34. The molecule has 0 aliphatic carbocycles. The van der Waals surface area contributed by atoms with Crippen LogP contribution in [0.25, 0.3) is 11.0 Å². The number of alkyl halides is 1. The van der Waals surface area contributed by atoms with E-state index in [1.54, 1.807) is 17.7 Å². The highest BCUT2D eigenvalue weighted by Crippen LogP contribution is 2.24. The lowest BCUT2D eigenvalue weighted by Crippen LogP contribution is -2.24. The van der Waals surface area contributed by atoms with Crippen LogP contribution in [-0.2, 0) is 17.8 Å². The zero-order chi connectivity index (χ0) is 14.0. The van der Waals surface area contributed by atoms with Crippen molar-refractivity contribution in [3.63, 3.8) is 0 Å². The number of aromatic nitrogens is 2. The van der Waals surface area contributed by atoms with Gasteiger partial charge in [0.15, 0.2) is 0 Å². The van der Waals surface area contributed by atoms with Gasteiger partial charge in [-0.3, -0.25) is 4.79 Å². The number of carbonyl (C=O) groups excluding carboxylic acids is 1. The van der Waals surface area contributed by atoms with E-state index in [-0.39, 0.29) is 18.3 Å². The van der Waals surface area contributed by atoms with Crippen molar-refractivity contribution in [2.24, 2.45) is 0 Å². The molecule has 0 unspecified atom stereocenters. The quantitative estimate of drug-likeness (QED) is 0.863. The van der Waals surface area contributed by atoms with E-state index in [1.165, 1.54) is 6.07 Å².